The Morgan fingerprint density at radius 1 is 1.32 bits per heavy atom. The highest BCUT2D eigenvalue weighted by atomic mass is 35.5. The van der Waals surface area contributed by atoms with Crippen LogP contribution in [0.1, 0.15) is 10.6 Å². The number of fused-ring (bicyclic) bond motifs is 3. The van der Waals surface area contributed by atoms with E-state index in [-0.39, 0.29) is 5.56 Å². The molecule has 7 heteroatoms. The van der Waals surface area contributed by atoms with Crippen LogP contribution in [0.15, 0.2) is 41.3 Å². The van der Waals surface area contributed by atoms with Gasteiger partial charge in [0, 0.05) is 22.8 Å². The lowest BCUT2D eigenvalue weighted by atomic mass is 10.3. The fourth-order valence-electron chi connectivity index (χ4n) is 2.60. The lowest BCUT2D eigenvalue weighted by Crippen LogP contribution is -2.19. The molecule has 0 bridgehead atoms. The van der Waals surface area contributed by atoms with E-state index < -0.39 is 0 Å². The third-order valence-electron chi connectivity index (χ3n) is 3.60. The number of hydrogen-bond donors (Lipinski definition) is 0. The summed E-state index contributed by atoms with van der Waals surface area (Å²) in [7, 11) is 0. The Hall–Kier alpha value is -2.18. The van der Waals surface area contributed by atoms with E-state index in [2.05, 4.69) is 9.97 Å². The number of aryl methyl sites for hydroxylation is 1. The molecule has 4 aromatic rings. The maximum atomic E-state index is 12.4. The molecule has 0 N–H and O–H groups in total. The van der Waals surface area contributed by atoms with E-state index in [0.717, 1.165) is 21.6 Å². The molecule has 0 spiro atoms. The molecule has 0 saturated heterocycles. The van der Waals surface area contributed by atoms with Crippen LogP contribution in [-0.4, -0.2) is 18.9 Å². The maximum absolute atomic E-state index is 12.4. The average Bonchev–Trinajstić information content (AvgIpc) is 3.06. The van der Waals surface area contributed by atoms with Crippen molar-refractivity contribution in [1.82, 2.24) is 18.9 Å². The van der Waals surface area contributed by atoms with E-state index in [4.69, 9.17) is 11.6 Å². The van der Waals surface area contributed by atoms with Gasteiger partial charge in [-0.25, -0.2) is 14.4 Å². The number of aromatic nitrogens is 4. The fourth-order valence-corrected chi connectivity index (χ4v) is 3.57. The second-order valence-electron chi connectivity index (χ2n) is 5.03. The van der Waals surface area contributed by atoms with Crippen molar-refractivity contribution in [2.45, 2.75) is 13.5 Å². The zero-order valence-corrected chi connectivity index (χ0v) is 13.2. The molecule has 22 heavy (non-hydrogen) atoms. The number of nitrogens with zero attached hydrogens (tertiary/aromatic N) is 4. The van der Waals surface area contributed by atoms with E-state index >= 15 is 0 Å². The van der Waals surface area contributed by atoms with Crippen LogP contribution in [0.2, 0.25) is 4.47 Å². The molecule has 0 unspecified atom stereocenters. The molecule has 0 radical (unpaired) electrons. The molecule has 3 heterocycles. The summed E-state index contributed by atoms with van der Waals surface area (Å²) in [6, 6.07) is 9.26. The van der Waals surface area contributed by atoms with Crippen molar-refractivity contribution >= 4 is 39.7 Å². The Morgan fingerprint density at radius 3 is 2.91 bits per heavy atom. The first-order valence-corrected chi connectivity index (χ1v) is 7.91. The minimum absolute atomic E-state index is 0.0696. The second-order valence-corrected chi connectivity index (χ2v) is 6.72. The summed E-state index contributed by atoms with van der Waals surface area (Å²) in [5, 5.41) is 0. The Morgan fingerprint density at radius 2 is 2.14 bits per heavy atom. The van der Waals surface area contributed by atoms with Gasteiger partial charge in [-0.3, -0.25) is 4.79 Å². The topological polar surface area (TPSA) is 52.2 Å². The molecule has 0 atom stereocenters. The molecule has 0 aliphatic heterocycles. The number of halogens is 1. The molecule has 0 saturated carbocycles. The van der Waals surface area contributed by atoms with E-state index in [1.165, 1.54) is 11.3 Å². The van der Waals surface area contributed by atoms with Gasteiger partial charge in [0.2, 0.25) is 5.78 Å². The standard InChI is InChI=1S/C15H11ClN4OS/c1-9-6-13(21)20-12-5-3-2-4-11(12)18-15(20)19(9)8-10-7-17-14(16)22-10/h2-7H,8H2,1H3. The van der Waals surface area contributed by atoms with Gasteiger partial charge in [-0.2, -0.15) is 0 Å². The molecular weight excluding hydrogens is 320 g/mol. The van der Waals surface area contributed by atoms with Crippen molar-refractivity contribution in [2.24, 2.45) is 0 Å². The highest BCUT2D eigenvalue weighted by molar-refractivity contribution is 7.15. The van der Waals surface area contributed by atoms with Gasteiger partial charge in [0.05, 0.1) is 17.6 Å². The quantitative estimate of drug-likeness (QED) is 0.567. The number of para-hydroxylation sites is 2. The zero-order valence-electron chi connectivity index (χ0n) is 11.7. The molecule has 0 amide bonds. The summed E-state index contributed by atoms with van der Waals surface area (Å²) >= 11 is 7.33. The molecule has 0 aliphatic rings. The number of hydrogen-bond acceptors (Lipinski definition) is 4. The highest BCUT2D eigenvalue weighted by Crippen LogP contribution is 2.21. The third-order valence-corrected chi connectivity index (χ3v) is 4.70. The van der Waals surface area contributed by atoms with Gasteiger partial charge >= 0.3 is 0 Å². The molecule has 110 valence electrons. The van der Waals surface area contributed by atoms with Gasteiger partial charge in [-0.05, 0) is 19.1 Å². The van der Waals surface area contributed by atoms with Crippen LogP contribution >= 0.6 is 22.9 Å². The van der Waals surface area contributed by atoms with Crippen LogP contribution in [0.25, 0.3) is 16.8 Å². The van der Waals surface area contributed by atoms with Gasteiger partial charge in [0.15, 0.2) is 4.47 Å². The minimum atomic E-state index is -0.0696. The normalized spacial score (nSPS) is 11.5. The van der Waals surface area contributed by atoms with Crippen molar-refractivity contribution in [3.05, 3.63) is 61.9 Å². The first-order chi connectivity index (χ1) is 10.6. The largest absolute Gasteiger partial charge is 0.310 e. The van der Waals surface area contributed by atoms with Crippen molar-refractivity contribution < 1.29 is 0 Å². The monoisotopic (exact) mass is 330 g/mol. The van der Waals surface area contributed by atoms with Crippen molar-refractivity contribution in [3.8, 4) is 0 Å². The van der Waals surface area contributed by atoms with Crippen LogP contribution in [0.4, 0.5) is 0 Å². The maximum Gasteiger partial charge on any atom is 0.259 e. The van der Waals surface area contributed by atoms with Gasteiger partial charge in [-0.15, -0.1) is 11.3 Å². The van der Waals surface area contributed by atoms with E-state index in [1.54, 1.807) is 16.7 Å². The predicted molar refractivity (Wildman–Crippen MR) is 87.9 cm³/mol. The predicted octanol–water partition coefficient (Wildman–Crippen LogP) is 3.12. The molecule has 1 aromatic carbocycles. The number of benzene rings is 1. The zero-order chi connectivity index (χ0) is 15.3. The fraction of sp³-hybridized carbons (Fsp3) is 0.133. The van der Waals surface area contributed by atoms with Gasteiger partial charge < -0.3 is 4.57 Å². The van der Waals surface area contributed by atoms with Crippen molar-refractivity contribution in [3.63, 3.8) is 0 Å². The number of thiazole rings is 1. The van der Waals surface area contributed by atoms with Gasteiger partial charge in [-0.1, -0.05) is 23.7 Å². The molecule has 4 rings (SSSR count). The lowest BCUT2D eigenvalue weighted by Gasteiger charge is -2.10. The van der Waals surface area contributed by atoms with E-state index in [9.17, 15) is 4.79 Å². The summed E-state index contributed by atoms with van der Waals surface area (Å²) in [5.74, 6) is 0.635. The molecule has 0 fully saturated rings. The average molecular weight is 331 g/mol. The first kappa shape index (κ1) is 13.5. The van der Waals surface area contributed by atoms with Crippen LogP contribution in [-0.2, 0) is 6.54 Å². The van der Waals surface area contributed by atoms with Crippen LogP contribution < -0.4 is 5.56 Å². The summed E-state index contributed by atoms with van der Waals surface area (Å²) < 4.78 is 4.16. The van der Waals surface area contributed by atoms with Gasteiger partial charge in [0.25, 0.3) is 5.56 Å². The smallest absolute Gasteiger partial charge is 0.259 e. The van der Waals surface area contributed by atoms with E-state index in [0.29, 0.717) is 16.8 Å². The van der Waals surface area contributed by atoms with E-state index in [1.807, 2.05) is 35.8 Å². The van der Waals surface area contributed by atoms with Gasteiger partial charge in [0.1, 0.15) is 0 Å². The molecular formula is C15H11ClN4OS. The first-order valence-electron chi connectivity index (χ1n) is 6.71. The Labute approximate surface area is 134 Å². The summed E-state index contributed by atoms with van der Waals surface area (Å²) in [5.41, 5.74) is 2.41. The van der Waals surface area contributed by atoms with Crippen LogP contribution in [0, 0.1) is 6.92 Å². The lowest BCUT2D eigenvalue weighted by molar-refractivity contribution is 0.760. The highest BCUT2D eigenvalue weighted by Gasteiger charge is 2.13. The Balaban J connectivity index is 2.03. The molecule has 3 aromatic heterocycles. The van der Waals surface area contributed by atoms with Crippen molar-refractivity contribution in [2.75, 3.05) is 0 Å². The third kappa shape index (κ3) is 2.03. The number of imidazole rings is 1. The summed E-state index contributed by atoms with van der Waals surface area (Å²) in [6.45, 7) is 2.49. The Kier molecular flexibility index (Phi) is 3.02. The van der Waals surface area contributed by atoms with Crippen LogP contribution in [0.3, 0.4) is 0 Å². The summed E-state index contributed by atoms with van der Waals surface area (Å²) in [6.07, 6.45) is 1.75. The SMILES string of the molecule is Cc1cc(=O)n2c3ccccc3nc2n1Cc1cnc(Cl)s1. The minimum Gasteiger partial charge on any atom is -0.310 e. The summed E-state index contributed by atoms with van der Waals surface area (Å²) in [4.78, 5) is 22.1. The second kappa shape index (κ2) is 4.93. The molecule has 0 aliphatic carbocycles. The number of rotatable bonds is 2. The Bertz CT molecular complexity index is 1060. The van der Waals surface area contributed by atoms with Crippen molar-refractivity contribution in [1.29, 1.82) is 0 Å². The van der Waals surface area contributed by atoms with Crippen LogP contribution in [0.5, 0.6) is 0 Å². The molecule has 5 nitrogen and oxygen atoms in total.